The molecular weight excluding hydrogens is 412 g/mol. The lowest BCUT2D eigenvalue weighted by Gasteiger charge is -2.30. The molecule has 0 spiro atoms. The Morgan fingerprint density at radius 3 is 2.65 bits per heavy atom. The van der Waals surface area contributed by atoms with Crippen LogP contribution in [-0.4, -0.2) is 49.8 Å². The molecule has 2 heterocycles. The lowest BCUT2D eigenvalue weighted by atomic mass is 10.0. The van der Waals surface area contributed by atoms with Crippen LogP contribution in [0, 0.1) is 0 Å². The van der Waals surface area contributed by atoms with Gasteiger partial charge in [0.25, 0.3) is 0 Å². The highest BCUT2D eigenvalue weighted by molar-refractivity contribution is 7.99. The number of fused-ring (bicyclic) bond motifs is 1. The van der Waals surface area contributed by atoms with Gasteiger partial charge in [0.05, 0.1) is 25.9 Å². The summed E-state index contributed by atoms with van der Waals surface area (Å²) in [7, 11) is 3.25. The van der Waals surface area contributed by atoms with Gasteiger partial charge in [0.2, 0.25) is 11.8 Å². The van der Waals surface area contributed by atoms with E-state index in [4.69, 9.17) is 9.47 Å². The summed E-state index contributed by atoms with van der Waals surface area (Å²) in [5.74, 6) is 2.36. The first kappa shape index (κ1) is 21.6. The minimum absolute atomic E-state index is 0.0128. The molecule has 4 rings (SSSR count). The molecule has 2 aliphatic heterocycles. The number of hydrogen-bond acceptors (Lipinski definition) is 5. The Bertz CT molecular complexity index is 964. The minimum Gasteiger partial charge on any atom is -0.497 e. The third-order valence-corrected chi connectivity index (χ3v) is 7.00. The number of anilines is 1. The van der Waals surface area contributed by atoms with Crippen LogP contribution in [0.1, 0.15) is 37.3 Å². The van der Waals surface area contributed by atoms with E-state index in [1.54, 1.807) is 26.0 Å². The number of thioether (sulfide) groups is 1. The van der Waals surface area contributed by atoms with Crippen molar-refractivity contribution in [3.63, 3.8) is 0 Å². The van der Waals surface area contributed by atoms with Crippen molar-refractivity contribution in [3.8, 4) is 11.5 Å². The van der Waals surface area contributed by atoms with Crippen molar-refractivity contribution in [2.75, 3.05) is 38.0 Å². The van der Waals surface area contributed by atoms with E-state index in [0.29, 0.717) is 13.1 Å². The molecule has 6 nitrogen and oxygen atoms in total. The van der Waals surface area contributed by atoms with Gasteiger partial charge >= 0.3 is 0 Å². The lowest BCUT2D eigenvalue weighted by Crippen LogP contribution is -2.37. The van der Waals surface area contributed by atoms with Crippen LogP contribution in [0.4, 0.5) is 5.69 Å². The van der Waals surface area contributed by atoms with Gasteiger partial charge in [-0.15, -0.1) is 11.8 Å². The van der Waals surface area contributed by atoms with Crippen LogP contribution in [-0.2, 0) is 9.59 Å². The molecular formula is C24H28N2O4S. The van der Waals surface area contributed by atoms with Crippen LogP contribution >= 0.6 is 11.8 Å². The number of rotatable bonds is 6. The van der Waals surface area contributed by atoms with Crippen LogP contribution < -0.4 is 14.4 Å². The van der Waals surface area contributed by atoms with E-state index < -0.39 is 0 Å². The molecule has 0 aromatic heterocycles. The number of hydrogen-bond donors (Lipinski definition) is 0. The van der Waals surface area contributed by atoms with E-state index in [1.165, 1.54) is 0 Å². The maximum absolute atomic E-state index is 13.1. The Morgan fingerprint density at radius 2 is 1.84 bits per heavy atom. The lowest BCUT2D eigenvalue weighted by molar-refractivity contribution is -0.134. The second kappa shape index (κ2) is 9.64. The van der Waals surface area contributed by atoms with Crippen LogP contribution in [0.25, 0.3) is 0 Å². The zero-order chi connectivity index (χ0) is 21.8. The van der Waals surface area contributed by atoms with Crippen molar-refractivity contribution in [2.45, 2.75) is 36.6 Å². The molecule has 1 saturated heterocycles. The fourth-order valence-electron chi connectivity index (χ4n) is 4.40. The summed E-state index contributed by atoms with van der Waals surface area (Å²) in [4.78, 5) is 30.8. The highest BCUT2D eigenvalue weighted by atomic mass is 32.2. The molecule has 0 N–H and O–H groups in total. The van der Waals surface area contributed by atoms with Crippen molar-refractivity contribution >= 4 is 29.3 Å². The smallest absolute Gasteiger partial charge is 0.227 e. The van der Waals surface area contributed by atoms with Crippen LogP contribution in [0.15, 0.2) is 47.4 Å². The third kappa shape index (κ3) is 4.51. The van der Waals surface area contributed by atoms with Gasteiger partial charge in [-0.2, -0.15) is 0 Å². The predicted molar refractivity (Wildman–Crippen MR) is 122 cm³/mol. The Balaban J connectivity index is 1.42. The first-order chi connectivity index (χ1) is 15.1. The van der Waals surface area contributed by atoms with Crippen molar-refractivity contribution in [1.29, 1.82) is 0 Å². The molecule has 7 heteroatoms. The number of benzene rings is 2. The number of carbonyl (C=O) groups excluding carboxylic acids is 2. The van der Waals surface area contributed by atoms with Gasteiger partial charge in [-0.25, -0.2) is 0 Å². The minimum atomic E-state index is -0.0319. The van der Waals surface area contributed by atoms with E-state index in [-0.39, 0.29) is 30.7 Å². The topological polar surface area (TPSA) is 59.1 Å². The number of carbonyl (C=O) groups is 2. The van der Waals surface area contributed by atoms with E-state index in [1.807, 2.05) is 52.3 Å². The second-order valence-corrected chi connectivity index (χ2v) is 8.85. The fraction of sp³-hybridized carbons (Fsp3) is 0.417. The summed E-state index contributed by atoms with van der Waals surface area (Å²) in [5, 5.41) is 0. The van der Waals surface area contributed by atoms with Crippen molar-refractivity contribution in [2.24, 2.45) is 0 Å². The van der Waals surface area contributed by atoms with Gasteiger partial charge in [0, 0.05) is 48.2 Å². The molecule has 1 atom stereocenters. The molecule has 0 radical (unpaired) electrons. The molecule has 31 heavy (non-hydrogen) atoms. The van der Waals surface area contributed by atoms with E-state index >= 15 is 0 Å². The monoisotopic (exact) mass is 440 g/mol. The summed E-state index contributed by atoms with van der Waals surface area (Å²) in [5.41, 5.74) is 1.95. The summed E-state index contributed by atoms with van der Waals surface area (Å²) in [6, 6.07) is 13.7. The number of likely N-dealkylation sites (tertiary alicyclic amines) is 1. The van der Waals surface area contributed by atoms with Crippen molar-refractivity contribution in [1.82, 2.24) is 4.90 Å². The highest BCUT2D eigenvalue weighted by Gasteiger charge is 2.32. The molecule has 2 aliphatic rings. The molecule has 0 aliphatic carbocycles. The van der Waals surface area contributed by atoms with Gasteiger partial charge < -0.3 is 19.3 Å². The predicted octanol–water partition coefficient (Wildman–Crippen LogP) is 4.29. The number of methoxy groups -OCH3 is 2. The summed E-state index contributed by atoms with van der Waals surface area (Å²) in [6.45, 7) is 1.39. The number of amides is 2. The van der Waals surface area contributed by atoms with E-state index in [0.717, 1.165) is 46.2 Å². The van der Waals surface area contributed by atoms with Gasteiger partial charge in [-0.1, -0.05) is 12.1 Å². The Hall–Kier alpha value is -2.67. The Kier molecular flexibility index (Phi) is 6.70. The van der Waals surface area contributed by atoms with Gasteiger partial charge in [-0.3, -0.25) is 9.59 Å². The van der Waals surface area contributed by atoms with Gasteiger partial charge in [0.15, 0.2) is 0 Å². The largest absolute Gasteiger partial charge is 0.497 e. The van der Waals surface area contributed by atoms with Crippen LogP contribution in [0.5, 0.6) is 11.5 Å². The molecule has 1 unspecified atom stereocenters. The Morgan fingerprint density at radius 1 is 1.03 bits per heavy atom. The normalized spacial score (nSPS) is 17.9. The zero-order valence-electron chi connectivity index (χ0n) is 18.0. The first-order valence-electron chi connectivity index (χ1n) is 10.7. The average molecular weight is 441 g/mol. The highest BCUT2D eigenvalue weighted by Crippen LogP contribution is 2.39. The molecule has 2 aromatic carbocycles. The maximum Gasteiger partial charge on any atom is 0.227 e. The molecule has 0 saturated carbocycles. The van der Waals surface area contributed by atoms with Gasteiger partial charge in [-0.05, 0) is 37.1 Å². The molecule has 2 aromatic rings. The first-order valence-corrected chi connectivity index (χ1v) is 11.6. The zero-order valence-corrected chi connectivity index (χ0v) is 18.8. The standard InChI is InChI=1S/C24H28N2O4S/c1-29-17-9-10-18(21(16-17)30-2)19-7-5-13-25(19)23(27)11-12-24(28)26-14-15-31-22-8-4-3-6-20(22)26/h3-4,6,8-10,16,19H,5,7,11-15H2,1-2H3. The molecule has 1 fully saturated rings. The Labute approximate surface area is 187 Å². The fourth-order valence-corrected chi connectivity index (χ4v) is 5.40. The SMILES string of the molecule is COc1ccc(C2CCCN2C(=O)CCC(=O)N2CCSc3ccccc32)c(OC)c1. The van der Waals surface area contributed by atoms with Crippen LogP contribution in [0.3, 0.4) is 0 Å². The summed E-state index contributed by atoms with van der Waals surface area (Å²) < 4.78 is 10.9. The van der Waals surface area contributed by atoms with E-state index in [9.17, 15) is 9.59 Å². The molecule has 164 valence electrons. The van der Waals surface area contributed by atoms with E-state index in [2.05, 4.69) is 0 Å². The summed E-state index contributed by atoms with van der Waals surface area (Å²) >= 11 is 1.77. The molecule has 0 bridgehead atoms. The average Bonchev–Trinajstić information content (AvgIpc) is 3.31. The maximum atomic E-state index is 13.1. The van der Waals surface area contributed by atoms with Crippen LogP contribution in [0.2, 0.25) is 0 Å². The quantitative estimate of drug-likeness (QED) is 0.671. The van der Waals surface area contributed by atoms with Crippen molar-refractivity contribution in [3.05, 3.63) is 48.0 Å². The summed E-state index contributed by atoms with van der Waals surface area (Å²) in [6.07, 6.45) is 2.27. The van der Waals surface area contributed by atoms with Gasteiger partial charge in [0.1, 0.15) is 11.5 Å². The second-order valence-electron chi connectivity index (χ2n) is 7.71. The number of nitrogens with zero attached hydrogens (tertiary/aromatic N) is 2. The number of ether oxygens (including phenoxy) is 2. The third-order valence-electron chi connectivity index (χ3n) is 5.96. The van der Waals surface area contributed by atoms with Crippen molar-refractivity contribution < 1.29 is 19.1 Å². The molecule has 2 amide bonds. The number of para-hydroxylation sites is 1.